The Morgan fingerprint density at radius 3 is 2.22 bits per heavy atom. The second kappa shape index (κ2) is 7.38. The van der Waals surface area contributed by atoms with E-state index in [2.05, 4.69) is 0 Å². The Morgan fingerprint density at radius 2 is 1.70 bits per heavy atom. The first-order valence-electron chi connectivity index (χ1n) is 9.27. The fourth-order valence-electron chi connectivity index (χ4n) is 3.82. The van der Waals surface area contributed by atoms with Gasteiger partial charge in [0.1, 0.15) is 12.2 Å². The van der Waals surface area contributed by atoms with E-state index < -0.39 is 11.0 Å². The molecule has 2 fully saturated rings. The van der Waals surface area contributed by atoms with Gasteiger partial charge in [0.25, 0.3) is 0 Å². The van der Waals surface area contributed by atoms with Crippen LogP contribution in [0.2, 0.25) is 0 Å². The summed E-state index contributed by atoms with van der Waals surface area (Å²) in [5, 5.41) is 10.0. The highest BCUT2D eigenvalue weighted by Crippen LogP contribution is 2.42. The molecule has 2 unspecified atom stereocenters. The number of aliphatic hydroxyl groups excluding tert-OH is 1. The van der Waals surface area contributed by atoms with Gasteiger partial charge in [-0.25, -0.2) is 9.59 Å². The highest BCUT2D eigenvalue weighted by Gasteiger charge is 2.55. The molecule has 1 aromatic rings. The third-order valence-corrected chi connectivity index (χ3v) is 5.19. The largest absolute Gasteiger partial charge is 0.445 e. The summed E-state index contributed by atoms with van der Waals surface area (Å²) in [6.07, 6.45) is -0.757. The van der Waals surface area contributed by atoms with Crippen molar-refractivity contribution in [1.29, 1.82) is 0 Å². The van der Waals surface area contributed by atoms with Crippen molar-refractivity contribution >= 4 is 12.2 Å². The van der Waals surface area contributed by atoms with Crippen molar-refractivity contribution in [2.24, 2.45) is 11.3 Å². The molecule has 0 aromatic heterocycles. The Labute approximate surface area is 159 Å². The Hall–Kier alpha value is -2.28. The molecule has 0 radical (unpaired) electrons. The zero-order chi connectivity index (χ0) is 19.7. The van der Waals surface area contributed by atoms with Gasteiger partial charge in [0.15, 0.2) is 0 Å². The van der Waals surface area contributed by atoms with Gasteiger partial charge in [-0.15, -0.1) is 0 Å². The third kappa shape index (κ3) is 4.35. The van der Waals surface area contributed by atoms with Crippen LogP contribution in [0.15, 0.2) is 30.3 Å². The first-order chi connectivity index (χ1) is 12.7. The normalized spacial score (nSPS) is 24.7. The summed E-state index contributed by atoms with van der Waals surface area (Å²) >= 11 is 0. The number of benzene rings is 1. The molecule has 148 valence electrons. The van der Waals surface area contributed by atoms with Crippen LogP contribution in [0.1, 0.15) is 26.3 Å². The molecule has 27 heavy (non-hydrogen) atoms. The molecule has 0 saturated carbocycles. The van der Waals surface area contributed by atoms with E-state index in [1.807, 2.05) is 51.1 Å². The number of nitrogens with zero attached hydrogens (tertiary/aromatic N) is 2. The molecule has 0 spiro atoms. The molecule has 2 atom stereocenters. The van der Waals surface area contributed by atoms with Crippen molar-refractivity contribution in [3.8, 4) is 0 Å². The smallest absolute Gasteiger partial charge is 0.410 e. The summed E-state index contributed by atoms with van der Waals surface area (Å²) in [6.45, 7) is 7.31. The molecule has 1 aromatic carbocycles. The monoisotopic (exact) mass is 376 g/mol. The van der Waals surface area contributed by atoms with Gasteiger partial charge in [-0.2, -0.15) is 0 Å². The third-order valence-electron chi connectivity index (χ3n) is 5.19. The summed E-state index contributed by atoms with van der Waals surface area (Å²) in [5.74, 6) is 0.0132. The molecule has 2 saturated heterocycles. The standard InChI is InChI=1S/C20H28N2O5/c1-19(2,3)27-18(25)22-10-16-9-21(12-20(16,13-22)14-23)17(24)26-11-15-7-5-4-6-8-15/h4-8,16,23H,9-14H2,1-3H3. The van der Waals surface area contributed by atoms with Crippen LogP contribution in [0.3, 0.4) is 0 Å². The van der Waals surface area contributed by atoms with E-state index in [1.54, 1.807) is 9.80 Å². The van der Waals surface area contributed by atoms with Crippen LogP contribution in [-0.4, -0.2) is 65.5 Å². The van der Waals surface area contributed by atoms with Gasteiger partial charge in [-0.05, 0) is 26.3 Å². The zero-order valence-corrected chi connectivity index (χ0v) is 16.2. The van der Waals surface area contributed by atoms with Gasteiger partial charge < -0.3 is 24.4 Å². The number of ether oxygens (including phenoxy) is 2. The molecule has 0 bridgehead atoms. The number of likely N-dealkylation sites (tertiary alicyclic amines) is 2. The fraction of sp³-hybridized carbons (Fsp3) is 0.600. The summed E-state index contributed by atoms with van der Waals surface area (Å²) in [7, 11) is 0. The molecule has 0 aliphatic carbocycles. The van der Waals surface area contributed by atoms with Crippen molar-refractivity contribution in [3.05, 3.63) is 35.9 Å². The predicted molar refractivity (Wildman–Crippen MR) is 99.0 cm³/mol. The van der Waals surface area contributed by atoms with E-state index in [0.717, 1.165) is 5.56 Å². The number of carbonyl (C=O) groups excluding carboxylic acids is 2. The van der Waals surface area contributed by atoms with E-state index in [9.17, 15) is 14.7 Å². The number of aliphatic hydroxyl groups is 1. The lowest BCUT2D eigenvalue weighted by atomic mass is 9.82. The number of carbonyl (C=O) groups is 2. The Kier molecular flexibility index (Phi) is 5.33. The molecule has 1 N–H and O–H groups in total. The van der Waals surface area contributed by atoms with Crippen LogP contribution in [0.25, 0.3) is 0 Å². The Morgan fingerprint density at radius 1 is 1.11 bits per heavy atom. The molecular formula is C20H28N2O5. The maximum atomic E-state index is 12.4. The van der Waals surface area contributed by atoms with Crippen LogP contribution < -0.4 is 0 Å². The molecule has 2 amide bonds. The summed E-state index contributed by atoms with van der Waals surface area (Å²) in [6, 6.07) is 9.51. The maximum absolute atomic E-state index is 12.4. The fourth-order valence-corrected chi connectivity index (χ4v) is 3.82. The molecule has 7 nitrogen and oxygen atoms in total. The minimum Gasteiger partial charge on any atom is -0.445 e. The average Bonchev–Trinajstić information content (AvgIpc) is 3.14. The zero-order valence-electron chi connectivity index (χ0n) is 16.2. The van der Waals surface area contributed by atoms with Crippen molar-refractivity contribution in [2.45, 2.75) is 33.0 Å². The summed E-state index contributed by atoms with van der Waals surface area (Å²) in [5.41, 5.74) is -0.143. The minimum atomic E-state index is -0.561. The SMILES string of the molecule is CC(C)(C)OC(=O)N1CC2CN(C(=O)OCc3ccccc3)CC2(CO)C1. The lowest BCUT2D eigenvalue weighted by Gasteiger charge is -2.28. The predicted octanol–water partition coefficient (Wildman–Crippen LogP) is 2.48. The van der Waals surface area contributed by atoms with E-state index in [-0.39, 0.29) is 31.3 Å². The summed E-state index contributed by atoms with van der Waals surface area (Å²) in [4.78, 5) is 28.0. The summed E-state index contributed by atoms with van der Waals surface area (Å²) < 4.78 is 10.8. The van der Waals surface area contributed by atoms with Crippen molar-refractivity contribution in [2.75, 3.05) is 32.8 Å². The molecule has 7 heteroatoms. The van der Waals surface area contributed by atoms with Gasteiger partial charge in [0.2, 0.25) is 0 Å². The van der Waals surface area contributed by atoms with Crippen LogP contribution in [0.4, 0.5) is 9.59 Å². The lowest BCUT2D eigenvalue weighted by molar-refractivity contribution is 0.0240. The number of hydrogen-bond donors (Lipinski definition) is 1. The van der Waals surface area contributed by atoms with Gasteiger partial charge >= 0.3 is 12.2 Å². The van der Waals surface area contributed by atoms with E-state index in [4.69, 9.17) is 9.47 Å². The van der Waals surface area contributed by atoms with Gasteiger partial charge in [-0.3, -0.25) is 0 Å². The number of amides is 2. The quantitative estimate of drug-likeness (QED) is 0.877. The van der Waals surface area contributed by atoms with Gasteiger partial charge in [0.05, 0.1) is 6.61 Å². The molecule has 2 aliphatic heterocycles. The van der Waals surface area contributed by atoms with Crippen molar-refractivity contribution in [1.82, 2.24) is 9.80 Å². The highest BCUT2D eigenvalue weighted by atomic mass is 16.6. The van der Waals surface area contributed by atoms with Crippen LogP contribution in [0, 0.1) is 11.3 Å². The second-order valence-electron chi connectivity index (χ2n) is 8.50. The second-order valence-corrected chi connectivity index (χ2v) is 8.50. The van der Waals surface area contributed by atoms with Crippen LogP contribution in [-0.2, 0) is 16.1 Å². The van der Waals surface area contributed by atoms with Crippen molar-refractivity contribution in [3.63, 3.8) is 0 Å². The minimum absolute atomic E-state index is 0.0132. The molecular weight excluding hydrogens is 348 g/mol. The van der Waals surface area contributed by atoms with Crippen LogP contribution >= 0.6 is 0 Å². The number of hydrogen-bond acceptors (Lipinski definition) is 5. The Balaban J connectivity index is 1.57. The van der Waals surface area contributed by atoms with Gasteiger partial charge in [0, 0.05) is 37.5 Å². The Bertz CT molecular complexity index is 687. The molecule has 3 rings (SSSR count). The molecule has 2 aliphatic rings. The lowest BCUT2D eigenvalue weighted by Crippen LogP contribution is -2.42. The van der Waals surface area contributed by atoms with Crippen LogP contribution in [0.5, 0.6) is 0 Å². The number of rotatable bonds is 3. The van der Waals surface area contributed by atoms with Crippen molar-refractivity contribution < 1.29 is 24.2 Å². The topological polar surface area (TPSA) is 79.3 Å². The maximum Gasteiger partial charge on any atom is 0.410 e. The number of fused-ring (bicyclic) bond motifs is 1. The highest BCUT2D eigenvalue weighted by molar-refractivity contribution is 5.70. The van der Waals surface area contributed by atoms with Gasteiger partial charge in [-0.1, -0.05) is 30.3 Å². The first-order valence-corrected chi connectivity index (χ1v) is 9.27. The molecule has 2 heterocycles. The first kappa shape index (κ1) is 19.5. The average molecular weight is 376 g/mol. The van der Waals surface area contributed by atoms with E-state index in [1.165, 1.54) is 0 Å². The van der Waals surface area contributed by atoms with E-state index >= 15 is 0 Å². The van der Waals surface area contributed by atoms with E-state index in [0.29, 0.717) is 26.2 Å².